The van der Waals surface area contributed by atoms with Gasteiger partial charge in [0.05, 0.1) is 12.2 Å². The van der Waals surface area contributed by atoms with E-state index in [1.165, 1.54) is 53.1 Å². The van der Waals surface area contributed by atoms with Gasteiger partial charge in [-0.15, -0.1) is 11.3 Å². The van der Waals surface area contributed by atoms with Crippen LogP contribution in [0.4, 0.5) is 5.00 Å². The molecule has 1 aromatic heterocycles. The van der Waals surface area contributed by atoms with E-state index in [1.807, 2.05) is 18.3 Å². The van der Waals surface area contributed by atoms with Crippen molar-refractivity contribution >= 4 is 22.1 Å². The average Bonchev–Trinajstić information content (AvgIpc) is 3.21. The van der Waals surface area contributed by atoms with Gasteiger partial charge in [-0.1, -0.05) is 13.2 Å². The number of hydrogen-bond donors (Lipinski definition) is 1. The fourth-order valence-corrected chi connectivity index (χ4v) is 4.22. The standard InChI is InChI=1S/C17H23NOS/c1-4-19-12(3)16-14-7-5-6-8-15(14)20-17(16)18-11(2)13-9-10-13/h13,18H,2-10H2,1H3. The second kappa shape index (κ2) is 5.65. The molecule has 0 unspecified atom stereocenters. The zero-order chi connectivity index (χ0) is 14.1. The predicted molar refractivity (Wildman–Crippen MR) is 87.1 cm³/mol. The summed E-state index contributed by atoms with van der Waals surface area (Å²) in [4.78, 5) is 1.51. The Bertz CT molecular complexity index is 539. The molecule has 20 heavy (non-hydrogen) atoms. The van der Waals surface area contributed by atoms with Crippen molar-refractivity contribution in [1.29, 1.82) is 0 Å². The van der Waals surface area contributed by atoms with Crippen LogP contribution in [-0.2, 0) is 17.6 Å². The van der Waals surface area contributed by atoms with Gasteiger partial charge in [0, 0.05) is 10.6 Å². The molecule has 0 atom stereocenters. The predicted octanol–water partition coefficient (Wildman–Crippen LogP) is 4.97. The number of thiophene rings is 1. The minimum Gasteiger partial charge on any atom is -0.494 e. The van der Waals surface area contributed by atoms with Gasteiger partial charge in [-0.05, 0) is 56.9 Å². The fourth-order valence-electron chi connectivity index (χ4n) is 2.87. The maximum absolute atomic E-state index is 5.69. The molecule has 0 bridgehead atoms. The molecule has 0 radical (unpaired) electrons. The molecule has 1 heterocycles. The van der Waals surface area contributed by atoms with Crippen molar-refractivity contribution in [2.24, 2.45) is 5.92 Å². The summed E-state index contributed by atoms with van der Waals surface area (Å²) in [6, 6.07) is 0. The molecule has 0 saturated heterocycles. The molecule has 2 nitrogen and oxygen atoms in total. The molecule has 3 rings (SSSR count). The molecule has 0 aromatic carbocycles. The Kier molecular flexibility index (Phi) is 3.88. The van der Waals surface area contributed by atoms with Crippen LogP contribution in [0.3, 0.4) is 0 Å². The number of fused-ring (bicyclic) bond motifs is 1. The van der Waals surface area contributed by atoms with Crippen LogP contribution in [-0.4, -0.2) is 6.61 Å². The van der Waals surface area contributed by atoms with E-state index in [9.17, 15) is 0 Å². The minimum atomic E-state index is 0.669. The molecule has 0 amide bonds. The maximum atomic E-state index is 5.69. The summed E-state index contributed by atoms with van der Waals surface area (Å²) in [5, 5.41) is 4.75. The van der Waals surface area contributed by atoms with Gasteiger partial charge < -0.3 is 10.1 Å². The summed E-state index contributed by atoms with van der Waals surface area (Å²) < 4.78 is 5.69. The molecule has 1 saturated carbocycles. The van der Waals surface area contributed by atoms with E-state index < -0.39 is 0 Å². The molecule has 1 N–H and O–H groups in total. The monoisotopic (exact) mass is 289 g/mol. The van der Waals surface area contributed by atoms with Gasteiger partial charge in [0.1, 0.15) is 10.8 Å². The van der Waals surface area contributed by atoms with Crippen molar-refractivity contribution in [3.05, 3.63) is 34.9 Å². The van der Waals surface area contributed by atoms with Crippen LogP contribution in [0.1, 0.15) is 48.6 Å². The van der Waals surface area contributed by atoms with Gasteiger partial charge in [-0.3, -0.25) is 0 Å². The topological polar surface area (TPSA) is 21.3 Å². The molecular weight excluding hydrogens is 266 g/mol. The van der Waals surface area contributed by atoms with E-state index in [0.717, 1.165) is 17.9 Å². The molecule has 2 aliphatic rings. The second-order valence-corrected chi connectivity index (χ2v) is 6.80. The zero-order valence-corrected chi connectivity index (χ0v) is 13.1. The van der Waals surface area contributed by atoms with E-state index in [1.54, 1.807) is 0 Å². The quantitative estimate of drug-likeness (QED) is 0.747. The summed E-state index contributed by atoms with van der Waals surface area (Å²) in [5.74, 6) is 1.49. The Labute approximate surface area is 125 Å². The highest BCUT2D eigenvalue weighted by Crippen LogP contribution is 2.44. The maximum Gasteiger partial charge on any atom is 0.122 e. The van der Waals surface area contributed by atoms with E-state index in [2.05, 4.69) is 18.5 Å². The number of rotatable bonds is 6. The van der Waals surface area contributed by atoms with Gasteiger partial charge in [0.15, 0.2) is 0 Å². The van der Waals surface area contributed by atoms with Crippen molar-refractivity contribution in [3.8, 4) is 0 Å². The Morgan fingerprint density at radius 3 is 2.75 bits per heavy atom. The summed E-state index contributed by atoms with van der Waals surface area (Å²) in [5.41, 5.74) is 3.84. The van der Waals surface area contributed by atoms with Crippen molar-refractivity contribution in [1.82, 2.24) is 0 Å². The molecule has 108 valence electrons. The third kappa shape index (κ3) is 2.64. The molecule has 0 aliphatic heterocycles. The van der Waals surface area contributed by atoms with Gasteiger partial charge in [-0.2, -0.15) is 0 Å². The first-order valence-corrected chi connectivity index (χ1v) is 8.44. The third-order valence-electron chi connectivity index (χ3n) is 4.11. The van der Waals surface area contributed by atoms with Crippen molar-refractivity contribution in [2.45, 2.75) is 45.4 Å². The zero-order valence-electron chi connectivity index (χ0n) is 12.3. The van der Waals surface area contributed by atoms with E-state index in [4.69, 9.17) is 4.74 Å². The summed E-state index contributed by atoms with van der Waals surface area (Å²) in [6.07, 6.45) is 7.49. The lowest BCUT2D eigenvalue weighted by Crippen LogP contribution is -2.04. The highest BCUT2D eigenvalue weighted by molar-refractivity contribution is 7.16. The van der Waals surface area contributed by atoms with Crippen molar-refractivity contribution in [3.63, 3.8) is 0 Å². The van der Waals surface area contributed by atoms with Crippen LogP contribution in [0.5, 0.6) is 0 Å². The van der Waals surface area contributed by atoms with E-state index in [-0.39, 0.29) is 0 Å². The average molecular weight is 289 g/mol. The van der Waals surface area contributed by atoms with Crippen molar-refractivity contribution < 1.29 is 4.74 Å². The number of anilines is 1. The van der Waals surface area contributed by atoms with Crippen LogP contribution in [0.25, 0.3) is 5.76 Å². The number of hydrogen-bond acceptors (Lipinski definition) is 3. The summed E-state index contributed by atoms with van der Waals surface area (Å²) in [6.45, 7) is 11.0. The molecule has 1 fully saturated rings. The summed E-state index contributed by atoms with van der Waals surface area (Å²) in [7, 11) is 0. The molecule has 0 spiro atoms. The van der Waals surface area contributed by atoms with Crippen molar-refractivity contribution in [2.75, 3.05) is 11.9 Å². The first-order valence-electron chi connectivity index (χ1n) is 7.63. The first-order chi connectivity index (χ1) is 9.70. The van der Waals surface area contributed by atoms with Crippen LogP contribution in [0.15, 0.2) is 18.9 Å². The number of ether oxygens (including phenoxy) is 1. The molecule has 1 aromatic rings. The highest BCUT2D eigenvalue weighted by Gasteiger charge is 2.28. The highest BCUT2D eigenvalue weighted by atomic mass is 32.1. The molecule has 3 heteroatoms. The van der Waals surface area contributed by atoms with Gasteiger partial charge in [0.25, 0.3) is 0 Å². The smallest absolute Gasteiger partial charge is 0.122 e. The molecule has 2 aliphatic carbocycles. The normalized spacial score (nSPS) is 17.4. The Balaban J connectivity index is 1.91. The molecular formula is C17H23NOS. The Morgan fingerprint density at radius 1 is 1.30 bits per heavy atom. The lowest BCUT2D eigenvalue weighted by Gasteiger charge is -2.15. The largest absolute Gasteiger partial charge is 0.494 e. The van der Waals surface area contributed by atoms with Gasteiger partial charge in [0.2, 0.25) is 0 Å². The minimum absolute atomic E-state index is 0.669. The van der Waals surface area contributed by atoms with Crippen LogP contribution in [0, 0.1) is 5.92 Å². The number of allylic oxidation sites excluding steroid dienone is 1. The SMILES string of the molecule is C=C(OCC)c1c(NC(=C)C2CC2)sc2c1CCCC2. The Morgan fingerprint density at radius 2 is 2.05 bits per heavy atom. The lowest BCUT2D eigenvalue weighted by molar-refractivity contribution is 0.299. The second-order valence-electron chi connectivity index (χ2n) is 5.70. The van der Waals surface area contributed by atoms with E-state index >= 15 is 0 Å². The first kappa shape index (κ1) is 13.7. The fraction of sp³-hybridized carbons (Fsp3) is 0.529. The van der Waals surface area contributed by atoms with Gasteiger partial charge >= 0.3 is 0 Å². The number of nitrogens with one attached hydrogen (secondary N) is 1. The number of aryl methyl sites for hydroxylation is 1. The van der Waals surface area contributed by atoms with Crippen LogP contribution >= 0.6 is 11.3 Å². The van der Waals surface area contributed by atoms with Crippen LogP contribution < -0.4 is 5.32 Å². The lowest BCUT2D eigenvalue weighted by atomic mass is 9.95. The summed E-state index contributed by atoms with van der Waals surface area (Å²) >= 11 is 1.88. The Hall–Kier alpha value is -1.22. The van der Waals surface area contributed by atoms with Crippen LogP contribution in [0.2, 0.25) is 0 Å². The van der Waals surface area contributed by atoms with Gasteiger partial charge in [-0.25, -0.2) is 0 Å². The third-order valence-corrected chi connectivity index (χ3v) is 5.32. The van der Waals surface area contributed by atoms with E-state index in [0.29, 0.717) is 12.5 Å².